The number of halogens is 1. The highest BCUT2D eigenvalue weighted by Gasteiger charge is 2.26. The quantitative estimate of drug-likeness (QED) is 0.323. The van der Waals surface area contributed by atoms with E-state index >= 15 is 0 Å². The van der Waals surface area contributed by atoms with E-state index in [1.165, 1.54) is 11.8 Å². The number of para-hydroxylation sites is 1. The van der Waals surface area contributed by atoms with Crippen molar-refractivity contribution in [3.8, 4) is 22.9 Å². The van der Waals surface area contributed by atoms with E-state index in [1.807, 2.05) is 79.7 Å². The van der Waals surface area contributed by atoms with Gasteiger partial charge >= 0.3 is 0 Å². The molecule has 8 heteroatoms. The Labute approximate surface area is 201 Å². The minimum absolute atomic E-state index is 0.436. The second kappa shape index (κ2) is 9.68. The summed E-state index contributed by atoms with van der Waals surface area (Å²) in [5.41, 5.74) is 4.50. The van der Waals surface area contributed by atoms with Gasteiger partial charge < -0.3 is 14.8 Å². The smallest absolute Gasteiger partial charge is 0.247 e. The lowest BCUT2D eigenvalue weighted by Crippen LogP contribution is -2.17. The van der Waals surface area contributed by atoms with Crippen LogP contribution in [0.15, 0.2) is 78.0 Å². The third-order valence-corrected chi connectivity index (χ3v) is 6.27. The van der Waals surface area contributed by atoms with E-state index < -0.39 is 6.23 Å². The zero-order valence-corrected chi connectivity index (χ0v) is 19.4. The van der Waals surface area contributed by atoms with Crippen LogP contribution in [0, 0.1) is 0 Å². The van der Waals surface area contributed by atoms with Crippen LogP contribution in [0.1, 0.15) is 24.3 Å². The monoisotopic (exact) mass is 476 g/mol. The molecule has 2 heterocycles. The van der Waals surface area contributed by atoms with Crippen LogP contribution < -0.4 is 14.8 Å². The summed E-state index contributed by atoms with van der Waals surface area (Å²) < 4.78 is 11.9. The van der Waals surface area contributed by atoms with E-state index in [0.717, 1.165) is 28.1 Å². The van der Waals surface area contributed by atoms with Gasteiger partial charge in [-0.1, -0.05) is 53.7 Å². The molecule has 0 unspecified atom stereocenters. The average Bonchev–Trinajstić information content (AvgIpc) is 3.01. The molecule has 1 aromatic heterocycles. The van der Waals surface area contributed by atoms with Gasteiger partial charge in [0.1, 0.15) is 5.75 Å². The van der Waals surface area contributed by atoms with Crippen molar-refractivity contribution in [2.75, 3.05) is 11.9 Å². The molecule has 166 valence electrons. The number of aromatic nitrogens is 3. The molecule has 0 saturated heterocycles. The Kier molecular flexibility index (Phi) is 6.32. The molecule has 0 amide bonds. The van der Waals surface area contributed by atoms with E-state index in [9.17, 15) is 0 Å². The maximum Gasteiger partial charge on any atom is 0.247 e. The van der Waals surface area contributed by atoms with Gasteiger partial charge in [-0.25, -0.2) is 0 Å². The highest BCUT2D eigenvalue weighted by atomic mass is 35.5. The van der Waals surface area contributed by atoms with Crippen molar-refractivity contribution in [2.45, 2.75) is 24.1 Å². The summed E-state index contributed by atoms with van der Waals surface area (Å²) in [4.78, 5) is 4.70. The number of nitrogens with zero attached hydrogens (tertiary/aromatic N) is 3. The number of anilines is 1. The standard InChI is InChI=1S/C25H21ClN4O2S/c1-2-31-19-13-9-17(10-14-19)23-27-21-6-4-3-5-20(21)22-24(32-23)28-25(30-29-22)33-15-16-7-11-18(26)12-8-16/h3-14,23,27H,2,15H2,1H3/t23-/m0/s1. The first-order valence-electron chi connectivity index (χ1n) is 10.6. The Bertz CT molecular complexity index is 1250. The van der Waals surface area contributed by atoms with Crippen LogP contribution >= 0.6 is 23.4 Å². The van der Waals surface area contributed by atoms with Crippen LogP contribution in [0.5, 0.6) is 11.6 Å². The fourth-order valence-corrected chi connectivity index (χ4v) is 4.35. The third-order valence-electron chi connectivity index (χ3n) is 5.11. The molecule has 0 aliphatic carbocycles. The van der Waals surface area contributed by atoms with Crippen molar-refractivity contribution in [1.29, 1.82) is 0 Å². The van der Waals surface area contributed by atoms with Gasteiger partial charge in [0.05, 0.1) is 6.61 Å². The summed E-state index contributed by atoms with van der Waals surface area (Å²) in [6.07, 6.45) is -0.436. The van der Waals surface area contributed by atoms with Gasteiger partial charge in [-0.2, -0.15) is 4.98 Å². The fraction of sp³-hybridized carbons (Fsp3) is 0.160. The molecule has 5 rings (SSSR count). The number of hydrogen-bond donors (Lipinski definition) is 1. The van der Waals surface area contributed by atoms with Crippen LogP contribution in [-0.2, 0) is 5.75 Å². The molecule has 3 aromatic carbocycles. The minimum Gasteiger partial charge on any atom is -0.494 e. The molecular formula is C25H21ClN4O2S. The second-order valence-electron chi connectivity index (χ2n) is 7.35. The van der Waals surface area contributed by atoms with Gasteiger partial charge in [0, 0.05) is 27.6 Å². The van der Waals surface area contributed by atoms with Crippen LogP contribution in [0.25, 0.3) is 11.3 Å². The largest absolute Gasteiger partial charge is 0.494 e. The van der Waals surface area contributed by atoms with E-state index in [-0.39, 0.29) is 0 Å². The molecule has 0 fully saturated rings. The molecule has 0 bridgehead atoms. The predicted octanol–water partition coefficient (Wildman–Crippen LogP) is 6.39. The molecule has 1 atom stereocenters. The Balaban J connectivity index is 1.45. The van der Waals surface area contributed by atoms with Gasteiger partial charge in [0.2, 0.25) is 11.0 Å². The van der Waals surface area contributed by atoms with Crippen molar-refractivity contribution >= 4 is 29.1 Å². The lowest BCUT2D eigenvalue weighted by molar-refractivity contribution is 0.225. The molecule has 0 spiro atoms. The number of benzene rings is 3. The summed E-state index contributed by atoms with van der Waals surface area (Å²) in [7, 11) is 0. The number of hydrogen-bond acceptors (Lipinski definition) is 7. The van der Waals surface area contributed by atoms with E-state index in [2.05, 4.69) is 15.5 Å². The summed E-state index contributed by atoms with van der Waals surface area (Å²) in [6.45, 7) is 2.59. The maximum atomic E-state index is 6.34. The van der Waals surface area contributed by atoms with Gasteiger partial charge in [0.15, 0.2) is 11.9 Å². The molecule has 33 heavy (non-hydrogen) atoms. The first-order valence-corrected chi connectivity index (χ1v) is 11.9. The summed E-state index contributed by atoms with van der Waals surface area (Å²) in [6, 6.07) is 23.5. The van der Waals surface area contributed by atoms with Gasteiger partial charge in [0.25, 0.3) is 0 Å². The second-order valence-corrected chi connectivity index (χ2v) is 8.73. The van der Waals surface area contributed by atoms with Crippen LogP contribution in [0.3, 0.4) is 0 Å². The fourth-order valence-electron chi connectivity index (χ4n) is 3.49. The molecule has 4 aromatic rings. The average molecular weight is 477 g/mol. The van der Waals surface area contributed by atoms with Gasteiger partial charge in [-0.05, 0) is 55.0 Å². The number of rotatable bonds is 6. The van der Waals surface area contributed by atoms with Crippen molar-refractivity contribution in [2.24, 2.45) is 0 Å². The first-order chi connectivity index (χ1) is 16.2. The number of ether oxygens (including phenoxy) is 2. The van der Waals surface area contributed by atoms with E-state index in [0.29, 0.717) is 34.1 Å². The maximum absolute atomic E-state index is 6.34. The lowest BCUT2D eigenvalue weighted by Gasteiger charge is -2.19. The number of thioether (sulfide) groups is 1. The predicted molar refractivity (Wildman–Crippen MR) is 131 cm³/mol. The van der Waals surface area contributed by atoms with Crippen LogP contribution in [0.4, 0.5) is 5.69 Å². The minimum atomic E-state index is -0.436. The molecule has 1 aliphatic rings. The zero-order valence-electron chi connectivity index (χ0n) is 17.9. The number of nitrogens with one attached hydrogen (secondary N) is 1. The molecule has 0 radical (unpaired) electrons. The SMILES string of the molecule is CCOc1ccc([C@H]2Nc3ccccc3-c3nnc(SCc4ccc(Cl)cc4)nc3O2)cc1. The lowest BCUT2D eigenvalue weighted by atomic mass is 10.1. The zero-order chi connectivity index (χ0) is 22.6. The van der Waals surface area contributed by atoms with Crippen molar-refractivity contribution in [3.63, 3.8) is 0 Å². The summed E-state index contributed by atoms with van der Waals surface area (Å²) in [5, 5.41) is 13.6. The van der Waals surface area contributed by atoms with Crippen molar-refractivity contribution < 1.29 is 9.47 Å². The van der Waals surface area contributed by atoms with Crippen LogP contribution in [-0.4, -0.2) is 21.8 Å². The third kappa shape index (κ3) is 4.89. The van der Waals surface area contributed by atoms with Gasteiger partial charge in [-0.15, -0.1) is 10.2 Å². The molecule has 1 aliphatic heterocycles. The molecule has 6 nitrogen and oxygen atoms in total. The normalized spacial score (nSPS) is 14.3. The van der Waals surface area contributed by atoms with Crippen LogP contribution in [0.2, 0.25) is 5.02 Å². The molecular weight excluding hydrogens is 456 g/mol. The Morgan fingerprint density at radius 1 is 1.00 bits per heavy atom. The van der Waals surface area contributed by atoms with E-state index in [4.69, 9.17) is 26.1 Å². The Morgan fingerprint density at radius 2 is 1.79 bits per heavy atom. The van der Waals surface area contributed by atoms with Gasteiger partial charge in [-0.3, -0.25) is 0 Å². The first kappa shape index (κ1) is 21.6. The molecule has 0 saturated carbocycles. The number of fused-ring (bicyclic) bond motifs is 3. The highest BCUT2D eigenvalue weighted by Crippen LogP contribution is 2.39. The van der Waals surface area contributed by atoms with Crippen molar-refractivity contribution in [3.05, 3.63) is 88.9 Å². The Morgan fingerprint density at radius 3 is 2.58 bits per heavy atom. The topological polar surface area (TPSA) is 69.2 Å². The Hall–Kier alpha value is -3.29. The summed E-state index contributed by atoms with van der Waals surface area (Å²) in [5.74, 6) is 1.97. The summed E-state index contributed by atoms with van der Waals surface area (Å²) >= 11 is 7.48. The van der Waals surface area contributed by atoms with E-state index in [1.54, 1.807) is 0 Å². The highest BCUT2D eigenvalue weighted by molar-refractivity contribution is 7.98. The molecule has 1 N–H and O–H groups in total. The van der Waals surface area contributed by atoms with Crippen molar-refractivity contribution in [1.82, 2.24) is 15.2 Å².